The number of anilines is 6. The number of nitrogens with zero attached hydrogens (tertiary/aromatic N) is 2. The van der Waals surface area contributed by atoms with Crippen LogP contribution in [0.5, 0.6) is 23.0 Å². The Labute approximate surface area is 427 Å². The number of hydrogen-bond donors (Lipinski definition) is 0. The Kier molecular flexibility index (Phi) is 10.8. The summed E-state index contributed by atoms with van der Waals surface area (Å²) in [6.07, 6.45) is 0. The molecule has 2 aliphatic rings. The fourth-order valence-electron chi connectivity index (χ4n) is 10.7. The Bertz CT molecular complexity index is 3690. The number of rotatable bonds is 10. The van der Waals surface area contributed by atoms with Crippen LogP contribution in [0, 0.1) is 0 Å². The predicted molar refractivity (Wildman–Crippen MR) is 302 cm³/mol. The van der Waals surface area contributed by atoms with Gasteiger partial charge in [0.1, 0.15) is 0 Å². The minimum Gasteiger partial charge on any atom is -0.449 e. The van der Waals surface area contributed by atoms with Crippen molar-refractivity contribution in [1.82, 2.24) is 0 Å². The molecule has 11 aromatic rings. The van der Waals surface area contributed by atoms with Crippen LogP contribution in [-0.2, 0) is 5.41 Å². The second-order valence-electron chi connectivity index (χ2n) is 19.4. The molecule has 1 aliphatic heterocycles. The van der Waals surface area contributed by atoms with Crippen molar-refractivity contribution >= 4 is 34.1 Å². The predicted octanol–water partition coefficient (Wildman–Crippen LogP) is 19.5. The summed E-state index contributed by atoms with van der Waals surface area (Å²) in [7, 11) is 0. The smallest absolute Gasteiger partial charge is 0.172 e. The molecule has 73 heavy (non-hydrogen) atoms. The quantitative estimate of drug-likeness (QED) is 0.136. The van der Waals surface area contributed by atoms with Gasteiger partial charge in [0.05, 0.1) is 5.69 Å². The average Bonchev–Trinajstić information content (AvgIpc) is 3.68. The van der Waals surface area contributed by atoms with Gasteiger partial charge in [-0.1, -0.05) is 190 Å². The lowest BCUT2D eigenvalue weighted by molar-refractivity contribution is 0.360. The van der Waals surface area contributed by atoms with Crippen LogP contribution in [0.1, 0.15) is 25.0 Å². The summed E-state index contributed by atoms with van der Waals surface area (Å²) in [5, 5.41) is 0. The van der Waals surface area contributed by atoms with Gasteiger partial charge in [0.25, 0.3) is 0 Å². The molecule has 0 saturated carbocycles. The Morgan fingerprint density at radius 3 is 1.07 bits per heavy atom. The Balaban J connectivity index is 0.800. The molecule has 0 spiro atoms. The van der Waals surface area contributed by atoms with Crippen LogP contribution in [0.3, 0.4) is 0 Å². The third-order valence-electron chi connectivity index (χ3n) is 14.6. The van der Waals surface area contributed by atoms with Crippen LogP contribution in [-0.4, -0.2) is 0 Å². The van der Waals surface area contributed by atoms with Crippen molar-refractivity contribution in [3.05, 3.63) is 278 Å². The van der Waals surface area contributed by atoms with Crippen molar-refractivity contribution in [3.63, 3.8) is 0 Å². The largest absolute Gasteiger partial charge is 0.449 e. The Morgan fingerprint density at radius 1 is 0.247 bits per heavy atom. The summed E-state index contributed by atoms with van der Waals surface area (Å²) in [5.41, 5.74) is 20.6. The van der Waals surface area contributed by atoms with Crippen molar-refractivity contribution < 1.29 is 9.47 Å². The molecule has 0 saturated heterocycles. The van der Waals surface area contributed by atoms with E-state index in [9.17, 15) is 0 Å². The molecular formula is C69H50N2O2. The SMILES string of the molecule is CC1(C)c2ccccc2-c2ccc(N(c3ccc(-c4ccccc4)cc3)c3ccc4c(c3)Oc3ccc(-c5ccc(N(c6ccc(-c7ccccc7)cc6)c6ccc(-c7ccccc7)cc6)cc5)cc3O4)cc21. The van der Waals surface area contributed by atoms with Crippen LogP contribution < -0.4 is 19.3 Å². The van der Waals surface area contributed by atoms with Gasteiger partial charge in [0.15, 0.2) is 23.0 Å². The van der Waals surface area contributed by atoms with Gasteiger partial charge < -0.3 is 19.3 Å². The van der Waals surface area contributed by atoms with Crippen molar-refractivity contribution in [2.24, 2.45) is 0 Å². The van der Waals surface area contributed by atoms with Gasteiger partial charge in [-0.25, -0.2) is 0 Å². The fourth-order valence-corrected chi connectivity index (χ4v) is 10.7. The van der Waals surface area contributed by atoms with Crippen molar-refractivity contribution in [1.29, 1.82) is 0 Å². The molecule has 0 radical (unpaired) electrons. The van der Waals surface area contributed by atoms with E-state index < -0.39 is 0 Å². The zero-order valence-corrected chi connectivity index (χ0v) is 40.6. The number of benzene rings is 11. The van der Waals surface area contributed by atoms with E-state index in [4.69, 9.17) is 9.47 Å². The van der Waals surface area contributed by atoms with E-state index in [0.29, 0.717) is 23.0 Å². The summed E-state index contributed by atoms with van der Waals surface area (Å²) in [6.45, 7) is 4.66. The zero-order chi connectivity index (χ0) is 48.9. The first-order valence-corrected chi connectivity index (χ1v) is 25.0. The van der Waals surface area contributed by atoms with Crippen LogP contribution in [0.4, 0.5) is 34.1 Å². The molecule has 0 N–H and O–H groups in total. The first kappa shape index (κ1) is 43.6. The van der Waals surface area contributed by atoms with E-state index in [1.165, 1.54) is 55.6 Å². The first-order valence-electron chi connectivity index (χ1n) is 25.0. The van der Waals surface area contributed by atoms with Crippen molar-refractivity contribution in [2.75, 3.05) is 9.80 Å². The highest BCUT2D eigenvalue weighted by molar-refractivity contribution is 5.87. The molecule has 0 unspecified atom stereocenters. The maximum atomic E-state index is 6.72. The topological polar surface area (TPSA) is 24.9 Å². The molecule has 0 bridgehead atoms. The average molecular weight is 939 g/mol. The van der Waals surface area contributed by atoms with Gasteiger partial charge in [-0.15, -0.1) is 0 Å². The monoisotopic (exact) mass is 938 g/mol. The van der Waals surface area contributed by atoms with E-state index >= 15 is 0 Å². The summed E-state index contributed by atoms with van der Waals surface area (Å²) >= 11 is 0. The van der Waals surface area contributed by atoms with Gasteiger partial charge in [0.2, 0.25) is 0 Å². The second kappa shape index (κ2) is 18.1. The lowest BCUT2D eigenvalue weighted by Crippen LogP contribution is -2.16. The van der Waals surface area contributed by atoms with Gasteiger partial charge in [0, 0.05) is 39.9 Å². The molecule has 1 heterocycles. The molecule has 13 rings (SSSR count). The normalized spacial score (nSPS) is 12.6. The highest BCUT2D eigenvalue weighted by Gasteiger charge is 2.36. The van der Waals surface area contributed by atoms with E-state index in [2.05, 4.69) is 278 Å². The van der Waals surface area contributed by atoms with Crippen LogP contribution >= 0.6 is 0 Å². The van der Waals surface area contributed by atoms with Crippen LogP contribution in [0.2, 0.25) is 0 Å². The van der Waals surface area contributed by atoms with Gasteiger partial charge in [-0.3, -0.25) is 0 Å². The maximum absolute atomic E-state index is 6.72. The van der Waals surface area contributed by atoms with Gasteiger partial charge in [-0.2, -0.15) is 0 Å². The first-order chi connectivity index (χ1) is 35.9. The maximum Gasteiger partial charge on any atom is 0.172 e. The summed E-state index contributed by atoms with van der Waals surface area (Å²) in [5.74, 6) is 2.68. The van der Waals surface area contributed by atoms with Gasteiger partial charge >= 0.3 is 0 Å². The molecule has 4 nitrogen and oxygen atoms in total. The van der Waals surface area contributed by atoms with E-state index in [1.54, 1.807) is 0 Å². The minimum absolute atomic E-state index is 0.145. The fraction of sp³-hybridized carbons (Fsp3) is 0.0435. The Morgan fingerprint density at radius 2 is 0.575 bits per heavy atom. The van der Waals surface area contributed by atoms with Crippen LogP contribution in [0.25, 0.3) is 55.6 Å². The molecule has 348 valence electrons. The molecule has 0 amide bonds. The van der Waals surface area contributed by atoms with E-state index in [-0.39, 0.29) is 5.41 Å². The molecule has 11 aromatic carbocycles. The molecule has 4 heteroatoms. The lowest BCUT2D eigenvalue weighted by Gasteiger charge is -2.29. The molecule has 1 aliphatic carbocycles. The number of hydrogen-bond acceptors (Lipinski definition) is 4. The third kappa shape index (κ3) is 8.09. The lowest BCUT2D eigenvalue weighted by atomic mass is 9.82. The highest BCUT2D eigenvalue weighted by Crippen LogP contribution is 2.53. The van der Waals surface area contributed by atoms with Crippen molar-refractivity contribution in [2.45, 2.75) is 19.3 Å². The van der Waals surface area contributed by atoms with Crippen molar-refractivity contribution in [3.8, 4) is 78.6 Å². The van der Waals surface area contributed by atoms with E-state index in [0.717, 1.165) is 45.3 Å². The number of fused-ring (bicyclic) bond motifs is 5. The standard InChI is InChI=1S/C69H50N2O2/c1-69(2)63-21-13-12-20-61(63)62-41-39-59(45-64(62)69)71(58-35-26-52(27-36-58)49-18-10-5-11-19-49)60-40-43-66-68(46-60)73-65-42-30-54(44-67(65)72-66)53-28-37-57(38-29-53)70(55-31-22-50(23-32-55)47-14-6-3-7-15-47)56-33-24-51(25-34-56)48-16-8-4-9-17-48/h3-46H,1-2H3. The van der Waals surface area contributed by atoms with Gasteiger partial charge in [-0.05, 0) is 152 Å². The summed E-state index contributed by atoms with van der Waals surface area (Å²) < 4.78 is 13.4. The highest BCUT2D eigenvalue weighted by atomic mass is 16.6. The second-order valence-corrected chi connectivity index (χ2v) is 19.4. The summed E-state index contributed by atoms with van der Waals surface area (Å²) in [6, 6.07) is 94.9. The minimum atomic E-state index is -0.145. The van der Waals surface area contributed by atoms with Crippen LogP contribution in [0.15, 0.2) is 267 Å². The zero-order valence-electron chi connectivity index (χ0n) is 40.6. The summed E-state index contributed by atoms with van der Waals surface area (Å²) in [4.78, 5) is 4.63. The number of ether oxygens (including phenoxy) is 2. The Hall–Kier alpha value is -9.38. The molecule has 0 fully saturated rings. The molecule has 0 aromatic heterocycles. The van der Waals surface area contributed by atoms with E-state index in [1.807, 2.05) is 12.1 Å². The third-order valence-corrected chi connectivity index (χ3v) is 14.6. The molecule has 0 atom stereocenters. The molecular weight excluding hydrogens is 889 g/mol.